The van der Waals surface area contributed by atoms with Gasteiger partial charge < -0.3 is 25.2 Å². The summed E-state index contributed by atoms with van der Waals surface area (Å²) in [5.41, 5.74) is 2.27. The Hall–Kier alpha value is -3.76. The number of hydrogen-bond donors (Lipinski definition) is 3. The van der Waals surface area contributed by atoms with Crippen molar-refractivity contribution >= 4 is 45.8 Å². The Kier molecular flexibility index (Phi) is 7.60. The molecule has 1 amide bonds. The minimum atomic E-state index is -0.537. The first-order valence-corrected chi connectivity index (χ1v) is 12.6. The predicted octanol–water partition coefficient (Wildman–Crippen LogP) is 4.27. The number of aromatic hydroxyl groups is 1. The largest absolute Gasteiger partial charge is 0.503 e. The van der Waals surface area contributed by atoms with Gasteiger partial charge in [-0.05, 0) is 56.7 Å². The number of aromatic nitrogens is 2. The fourth-order valence-corrected chi connectivity index (χ4v) is 4.75. The Morgan fingerprint density at radius 2 is 1.95 bits per heavy atom. The maximum absolute atomic E-state index is 13.2. The van der Waals surface area contributed by atoms with Crippen molar-refractivity contribution in [2.24, 2.45) is 0 Å². The molecule has 0 aliphatic carbocycles. The van der Waals surface area contributed by atoms with E-state index in [-0.39, 0.29) is 22.1 Å². The number of thiazole rings is 1. The number of phenolic OH excluding ortho intramolecular Hbond substituents is 1. The lowest BCUT2D eigenvalue weighted by Gasteiger charge is -2.19. The van der Waals surface area contributed by atoms with Crippen molar-refractivity contribution in [1.82, 2.24) is 14.7 Å². The number of fused-ring (bicyclic) bond motifs is 1. The van der Waals surface area contributed by atoms with Crippen LogP contribution in [0, 0.1) is 0 Å². The topological polar surface area (TPSA) is 114 Å². The number of methoxy groups -OCH3 is 1. The molecular formula is C26H27ClN4O5S. The number of benzene rings is 2. The molecule has 4 aromatic rings. The Morgan fingerprint density at radius 3 is 2.62 bits per heavy atom. The van der Waals surface area contributed by atoms with E-state index < -0.39 is 11.7 Å². The first-order chi connectivity index (χ1) is 17.6. The van der Waals surface area contributed by atoms with Gasteiger partial charge in [0.1, 0.15) is 5.60 Å². The molecule has 3 N–H and O–H groups in total. The van der Waals surface area contributed by atoms with Gasteiger partial charge in [0.15, 0.2) is 16.5 Å². The minimum absolute atomic E-state index is 0.134. The summed E-state index contributed by atoms with van der Waals surface area (Å²) in [6.07, 6.45) is 2.91. The zero-order valence-electron chi connectivity index (χ0n) is 20.8. The number of carbonyl (C=O) groups is 1. The number of ether oxygens (including phenoxy) is 2. The van der Waals surface area contributed by atoms with Gasteiger partial charge in [-0.1, -0.05) is 35.1 Å². The van der Waals surface area contributed by atoms with Gasteiger partial charge in [-0.2, -0.15) is 0 Å². The summed E-state index contributed by atoms with van der Waals surface area (Å²) in [6.45, 7) is 6.38. The predicted molar refractivity (Wildman–Crippen MR) is 146 cm³/mol. The van der Waals surface area contributed by atoms with E-state index in [2.05, 4.69) is 15.6 Å². The van der Waals surface area contributed by atoms with Crippen LogP contribution >= 0.6 is 22.9 Å². The number of phenols is 1. The molecular weight excluding hydrogens is 516 g/mol. The number of alkyl carbamates (subject to hydrolysis) is 1. The quantitative estimate of drug-likeness (QED) is 0.299. The van der Waals surface area contributed by atoms with Crippen molar-refractivity contribution in [3.8, 4) is 22.8 Å². The molecule has 9 nitrogen and oxygen atoms in total. The number of imidazole rings is 1. The maximum atomic E-state index is 13.2. The van der Waals surface area contributed by atoms with Crippen molar-refractivity contribution in [2.75, 3.05) is 25.5 Å². The molecule has 0 radical (unpaired) electrons. The normalized spacial score (nSPS) is 12.1. The van der Waals surface area contributed by atoms with Crippen LogP contribution in [0.2, 0.25) is 5.02 Å². The lowest BCUT2D eigenvalue weighted by Crippen LogP contribution is -2.34. The number of nitrogens with one attached hydrogen (secondary N) is 2. The van der Waals surface area contributed by atoms with Crippen LogP contribution < -0.4 is 25.5 Å². The van der Waals surface area contributed by atoms with Crippen LogP contribution in [0.15, 0.2) is 47.4 Å². The van der Waals surface area contributed by atoms with Gasteiger partial charge in [0.2, 0.25) is 0 Å². The fraction of sp³-hybridized carbons (Fsp3) is 0.269. The molecule has 194 valence electrons. The number of rotatable bonds is 7. The van der Waals surface area contributed by atoms with Gasteiger partial charge in [0.05, 0.1) is 28.6 Å². The Labute approximate surface area is 222 Å². The van der Waals surface area contributed by atoms with E-state index in [0.29, 0.717) is 33.8 Å². The van der Waals surface area contributed by atoms with Crippen LogP contribution in [0.5, 0.6) is 11.5 Å². The molecule has 11 heteroatoms. The summed E-state index contributed by atoms with van der Waals surface area (Å²) in [7, 11) is 1.43. The molecule has 0 saturated carbocycles. The van der Waals surface area contributed by atoms with Crippen LogP contribution in [-0.2, 0) is 4.74 Å². The van der Waals surface area contributed by atoms with Gasteiger partial charge in [-0.3, -0.25) is 4.79 Å². The van der Waals surface area contributed by atoms with E-state index in [0.717, 1.165) is 11.3 Å². The average Bonchev–Trinajstić information content (AvgIpc) is 3.38. The maximum Gasteiger partial charge on any atom is 0.407 e. The summed E-state index contributed by atoms with van der Waals surface area (Å²) in [4.78, 5) is 29.9. The standard InChI is InChI=1S/C26H27ClN4O5S/c1-26(2,3)36-25(34)29-10-9-28-17-7-5-16(6-8-17)19-14-30-24-31(19)23(33)21(37-24)13-15-11-18(27)22(32)20(12-15)35-4/h5-8,11-14,28,32H,9-10H2,1-4H3,(H,29,34)/b21-13-. The summed E-state index contributed by atoms with van der Waals surface area (Å²) >= 11 is 7.35. The summed E-state index contributed by atoms with van der Waals surface area (Å²) in [6, 6.07) is 10.8. The number of carbonyl (C=O) groups excluding carboxylic acids is 1. The second-order valence-electron chi connectivity index (χ2n) is 9.16. The molecule has 0 aliphatic rings. The second-order valence-corrected chi connectivity index (χ2v) is 10.6. The third kappa shape index (κ3) is 6.15. The Bertz CT molecular complexity index is 1540. The molecule has 4 rings (SSSR count). The van der Waals surface area contributed by atoms with E-state index in [1.807, 2.05) is 45.0 Å². The van der Waals surface area contributed by atoms with Crippen LogP contribution in [0.25, 0.3) is 22.3 Å². The molecule has 0 unspecified atom stereocenters. The summed E-state index contributed by atoms with van der Waals surface area (Å²) < 4.78 is 12.4. The van der Waals surface area contributed by atoms with Gasteiger partial charge >= 0.3 is 6.09 Å². The number of nitrogens with zero attached hydrogens (tertiary/aromatic N) is 2. The van der Waals surface area contributed by atoms with Crippen LogP contribution in [0.3, 0.4) is 0 Å². The first kappa shape index (κ1) is 26.3. The summed E-state index contributed by atoms with van der Waals surface area (Å²) in [5, 5.41) is 16.0. The molecule has 2 heterocycles. The Morgan fingerprint density at radius 1 is 1.22 bits per heavy atom. The van der Waals surface area contributed by atoms with Gasteiger partial charge in [0, 0.05) is 24.3 Å². The van der Waals surface area contributed by atoms with Gasteiger partial charge in [-0.25, -0.2) is 14.2 Å². The number of amides is 1. The molecule has 0 spiro atoms. The molecule has 2 aromatic carbocycles. The molecule has 2 aromatic heterocycles. The monoisotopic (exact) mass is 542 g/mol. The SMILES string of the molecule is COc1cc(/C=c2\sc3ncc(-c4ccc(NCCNC(=O)OC(C)(C)C)cc4)n3c2=O)cc(Cl)c1O. The van der Waals surface area contributed by atoms with E-state index in [1.54, 1.807) is 28.8 Å². The number of hydrogen-bond acceptors (Lipinski definition) is 8. The van der Waals surface area contributed by atoms with Crippen molar-refractivity contribution in [3.63, 3.8) is 0 Å². The highest BCUT2D eigenvalue weighted by Gasteiger charge is 2.16. The van der Waals surface area contributed by atoms with E-state index in [9.17, 15) is 14.7 Å². The molecule has 0 bridgehead atoms. The lowest BCUT2D eigenvalue weighted by molar-refractivity contribution is 0.0530. The zero-order chi connectivity index (χ0) is 26.7. The van der Waals surface area contributed by atoms with Crippen molar-refractivity contribution in [1.29, 1.82) is 0 Å². The third-order valence-electron chi connectivity index (χ3n) is 5.22. The van der Waals surface area contributed by atoms with Crippen molar-refractivity contribution < 1.29 is 19.4 Å². The molecule has 0 aliphatic heterocycles. The zero-order valence-corrected chi connectivity index (χ0v) is 22.4. The second kappa shape index (κ2) is 10.7. The highest BCUT2D eigenvalue weighted by Crippen LogP contribution is 2.35. The highest BCUT2D eigenvalue weighted by molar-refractivity contribution is 7.15. The van der Waals surface area contributed by atoms with E-state index >= 15 is 0 Å². The van der Waals surface area contributed by atoms with Crippen molar-refractivity contribution in [2.45, 2.75) is 26.4 Å². The molecule has 0 saturated heterocycles. The third-order valence-corrected chi connectivity index (χ3v) is 6.49. The van der Waals surface area contributed by atoms with Crippen LogP contribution in [0.4, 0.5) is 10.5 Å². The molecule has 0 atom stereocenters. The van der Waals surface area contributed by atoms with E-state index in [1.165, 1.54) is 18.4 Å². The lowest BCUT2D eigenvalue weighted by atomic mass is 10.1. The van der Waals surface area contributed by atoms with Gasteiger partial charge in [0.25, 0.3) is 5.56 Å². The molecule has 37 heavy (non-hydrogen) atoms. The van der Waals surface area contributed by atoms with E-state index in [4.69, 9.17) is 21.1 Å². The fourth-order valence-electron chi connectivity index (χ4n) is 3.58. The highest BCUT2D eigenvalue weighted by atomic mass is 35.5. The van der Waals surface area contributed by atoms with Crippen LogP contribution in [0.1, 0.15) is 26.3 Å². The first-order valence-electron chi connectivity index (χ1n) is 11.5. The molecule has 0 fully saturated rings. The minimum Gasteiger partial charge on any atom is -0.503 e. The van der Waals surface area contributed by atoms with Gasteiger partial charge in [-0.15, -0.1) is 0 Å². The summed E-state index contributed by atoms with van der Waals surface area (Å²) in [5.74, 6) is 0.0757. The Balaban J connectivity index is 1.49. The smallest absolute Gasteiger partial charge is 0.407 e. The number of anilines is 1. The average molecular weight is 543 g/mol. The van der Waals surface area contributed by atoms with Crippen molar-refractivity contribution in [3.05, 3.63) is 68.1 Å². The van der Waals surface area contributed by atoms with Crippen LogP contribution in [-0.4, -0.2) is 46.4 Å². The number of halogens is 1.